The van der Waals surface area contributed by atoms with E-state index in [0.29, 0.717) is 19.8 Å². The Morgan fingerprint density at radius 1 is 1.38 bits per heavy atom. The molecule has 1 aromatic rings. The first-order chi connectivity index (χ1) is 11.4. The van der Waals surface area contributed by atoms with Gasteiger partial charge in [0.15, 0.2) is 0 Å². The number of amides is 1. The number of primary amides is 1. The molecule has 7 nitrogen and oxygen atoms in total. The van der Waals surface area contributed by atoms with Gasteiger partial charge in [-0.15, -0.1) is 0 Å². The Kier molecular flexibility index (Phi) is 4.80. The number of carbonyl (C=O) groups excluding carboxylic acids is 1. The molecule has 1 aliphatic heterocycles. The second-order valence-electron chi connectivity index (χ2n) is 6.26. The van der Waals surface area contributed by atoms with Gasteiger partial charge in [-0.1, -0.05) is 0 Å². The molecule has 1 heterocycles. The van der Waals surface area contributed by atoms with Crippen LogP contribution in [0.1, 0.15) is 29.6 Å². The number of nitrogens with zero attached hydrogens (tertiary/aromatic N) is 1. The van der Waals surface area contributed by atoms with Crippen molar-refractivity contribution in [1.29, 1.82) is 0 Å². The SMILES string of the molecule is COc1ccc(S(=O)(=O)N(C[C@@H]2CCOC2)C2CC2)cc1C(N)=O. The largest absolute Gasteiger partial charge is 0.496 e. The predicted molar refractivity (Wildman–Crippen MR) is 87.4 cm³/mol. The first-order valence-corrected chi connectivity index (χ1v) is 9.45. The van der Waals surface area contributed by atoms with Gasteiger partial charge in [0.25, 0.3) is 5.91 Å². The average molecular weight is 354 g/mol. The van der Waals surface area contributed by atoms with Crippen LogP contribution in [0.25, 0.3) is 0 Å². The number of hydrogen-bond acceptors (Lipinski definition) is 5. The molecule has 24 heavy (non-hydrogen) atoms. The van der Waals surface area contributed by atoms with Crippen molar-refractivity contribution < 1.29 is 22.7 Å². The predicted octanol–water partition coefficient (Wildman–Crippen LogP) is 0.984. The molecule has 1 aromatic carbocycles. The molecule has 1 atom stereocenters. The molecule has 132 valence electrons. The van der Waals surface area contributed by atoms with E-state index in [0.717, 1.165) is 19.3 Å². The van der Waals surface area contributed by atoms with E-state index >= 15 is 0 Å². The van der Waals surface area contributed by atoms with Crippen LogP contribution in [0.2, 0.25) is 0 Å². The number of carbonyl (C=O) groups is 1. The van der Waals surface area contributed by atoms with E-state index in [1.807, 2.05) is 0 Å². The third-order valence-electron chi connectivity index (χ3n) is 4.46. The van der Waals surface area contributed by atoms with E-state index in [1.54, 1.807) is 4.31 Å². The molecule has 1 saturated heterocycles. The Bertz CT molecular complexity index is 724. The first-order valence-electron chi connectivity index (χ1n) is 8.01. The molecule has 1 saturated carbocycles. The lowest BCUT2D eigenvalue weighted by Gasteiger charge is -2.24. The molecule has 0 unspecified atom stereocenters. The third kappa shape index (κ3) is 3.40. The summed E-state index contributed by atoms with van der Waals surface area (Å²) in [7, 11) is -2.28. The summed E-state index contributed by atoms with van der Waals surface area (Å²) in [6.07, 6.45) is 2.60. The zero-order valence-corrected chi connectivity index (χ0v) is 14.4. The fourth-order valence-electron chi connectivity index (χ4n) is 2.96. The van der Waals surface area contributed by atoms with Gasteiger partial charge in [0.05, 0.1) is 24.2 Å². The van der Waals surface area contributed by atoms with Gasteiger partial charge in [0.2, 0.25) is 10.0 Å². The minimum Gasteiger partial charge on any atom is -0.496 e. The molecule has 1 aliphatic carbocycles. The van der Waals surface area contributed by atoms with Crippen molar-refractivity contribution in [3.63, 3.8) is 0 Å². The summed E-state index contributed by atoms with van der Waals surface area (Å²) < 4.78 is 38.1. The summed E-state index contributed by atoms with van der Waals surface area (Å²) in [5, 5.41) is 0. The van der Waals surface area contributed by atoms with E-state index in [1.165, 1.54) is 25.3 Å². The van der Waals surface area contributed by atoms with E-state index in [2.05, 4.69) is 0 Å². The lowest BCUT2D eigenvalue weighted by molar-refractivity contribution is 0.0997. The van der Waals surface area contributed by atoms with Crippen LogP contribution in [0, 0.1) is 5.92 Å². The van der Waals surface area contributed by atoms with Gasteiger partial charge >= 0.3 is 0 Å². The van der Waals surface area contributed by atoms with Crippen molar-refractivity contribution in [2.24, 2.45) is 11.7 Å². The minimum absolute atomic E-state index is 0.0368. The summed E-state index contributed by atoms with van der Waals surface area (Å²) >= 11 is 0. The zero-order chi connectivity index (χ0) is 17.3. The number of methoxy groups -OCH3 is 1. The van der Waals surface area contributed by atoms with E-state index in [9.17, 15) is 13.2 Å². The highest BCUT2D eigenvalue weighted by Gasteiger charge is 2.40. The Labute approximate surface area is 141 Å². The first kappa shape index (κ1) is 17.2. The third-order valence-corrected chi connectivity index (χ3v) is 6.37. The number of rotatable bonds is 7. The Morgan fingerprint density at radius 2 is 2.12 bits per heavy atom. The quantitative estimate of drug-likeness (QED) is 0.787. The van der Waals surface area contributed by atoms with Crippen LogP contribution >= 0.6 is 0 Å². The van der Waals surface area contributed by atoms with E-state index in [-0.39, 0.29) is 28.2 Å². The zero-order valence-electron chi connectivity index (χ0n) is 13.6. The van der Waals surface area contributed by atoms with E-state index < -0.39 is 15.9 Å². The number of ether oxygens (including phenoxy) is 2. The molecule has 0 bridgehead atoms. The van der Waals surface area contributed by atoms with Crippen molar-refractivity contribution in [1.82, 2.24) is 4.31 Å². The normalized spacial score (nSPS) is 21.2. The summed E-state index contributed by atoms with van der Waals surface area (Å²) in [5.74, 6) is -0.232. The molecular formula is C16H22N2O5S. The molecule has 2 fully saturated rings. The van der Waals surface area contributed by atoms with Crippen molar-refractivity contribution in [3.8, 4) is 5.75 Å². The van der Waals surface area contributed by atoms with Crippen LogP contribution in [0.4, 0.5) is 0 Å². The summed E-state index contributed by atoms with van der Waals surface area (Å²) in [5.41, 5.74) is 5.41. The standard InChI is InChI=1S/C16H22N2O5S/c1-22-15-5-4-13(8-14(15)16(17)19)24(20,21)18(12-2-3-12)9-11-6-7-23-10-11/h4-5,8,11-12H,2-3,6-7,9-10H2,1H3,(H2,17,19)/t11-/m0/s1. The summed E-state index contributed by atoms with van der Waals surface area (Å²) in [4.78, 5) is 11.6. The van der Waals surface area contributed by atoms with Crippen molar-refractivity contribution in [3.05, 3.63) is 23.8 Å². The monoisotopic (exact) mass is 354 g/mol. The molecule has 3 rings (SSSR count). The van der Waals surface area contributed by atoms with Crippen LogP contribution in [0.5, 0.6) is 5.75 Å². The molecule has 2 N–H and O–H groups in total. The molecule has 2 aliphatic rings. The highest BCUT2D eigenvalue weighted by Crippen LogP contribution is 2.34. The van der Waals surface area contributed by atoms with Crippen molar-refractivity contribution in [2.75, 3.05) is 26.9 Å². The molecular weight excluding hydrogens is 332 g/mol. The second kappa shape index (κ2) is 6.70. The number of benzene rings is 1. The van der Waals surface area contributed by atoms with Gasteiger partial charge in [-0.05, 0) is 43.4 Å². The number of nitrogens with two attached hydrogens (primary N) is 1. The van der Waals surface area contributed by atoms with Crippen LogP contribution in [0.15, 0.2) is 23.1 Å². The molecule has 8 heteroatoms. The van der Waals surface area contributed by atoms with Gasteiger partial charge in [0, 0.05) is 19.2 Å². The maximum Gasteiger partial charge on any atom is 0.252 e. The molecule has 0 spiro atoms. The van der Waals surface area contributed by atoms with Crippen LogP contribution in [0.3, 0.4) is 0 Å². The maximum atomic E-state index is 13.1. The van der Waals surface area contributed by atoms with Crippen LogP contribution < -0.4 is 10.5 Å². The fraction of sp³-hybridized carbons (Fsp3) is 0.562. The van der Waals surface area contributed by atoms with Gasteiger partial charge in [-0.2, -0.15) is 4.31 Å². The van der Waals surface area contributed by atoms with Gasteiger partial charge in [0.1, 0.15) is 5.75 Å². The van der Waals surface area contributed by atoms with Crippen LogP contribution in [-0.2, 0) is 14.8 Å². The van der Waals surface area contributed by atoms with Crippen molar-refractivity contribution in [2.45, 2.75) is 30.2 Å². The highest BCUT2D eigenvalue weighted by molar-refractivity contribution is 7.89. The lowest BCUT2D eigenvalue weighted by atomic mass is 10.1. The summed E-state index contributed by atoms with van der Waals surface area (Å²) in [6, 6.07) is 4.27. The lowest BCUT2D eigenvalue weighted by Crippen LogP contribution is -2.37. The topological polar surface area (TPSA) is 98.9 Å². The van der Waals surface area contributed by atoms with Gasteiger partial charge < -0.3 is 15.2 Å². The molecule has 0 radical (unpaired) electrons. The Hall–Kier alpha value is -1.64. The Morgan fingerprint density at radius 3 is 2.67 bits per heavy atom. The molecule has 1 amide bonds. The smallest absolute Gasteiger partial charge is 0.252 e. The Balaban J connectivity index is 1.92. The number of hydrogen-bond donors (Lipinski definition) is 1. The summed E-state index contributed by atoms with van der Waals surface area (Å²) in [6.45, 7) is 1.72. The van der Waals surface area contributed by atoms with E-state index in [4.69, 9.17) is 15.2 Å². The highest BCUT2D eigenvalue weighted by atomic mass is 32.2. The second-order valence-corrected chi connectivity index (χ2v) is 8.15. The van der Waals surface area contributed by atoms with Gasteiger partial charge in [-0.25, -0.2) is 8.42 Å². The molecule has 0 aromatic heterocycles. The fourth-order valence-corrected chi connectivity index (χ4v) is 4.75. The number of sulfonamides is 1. The van der Waals surface area contributed by atoms with Crippen LogP contribution in [-0.4, -0.2) is 51.5 Å². The maximum absolute atomic E-state index is 13.1. The van der Waals surface area contributed by atoms with Gasteiger partial charge in [-0.3, -0.25) is 4.79 Å². The average Bonchev–Trinajstić information content (AvgIpc) is 3.27. The van der Waals surface area contributed by atoms with Crippen molar-refractivity contribution >= 4 is 15.9 Å². The minimum atomic E-state index is -3.69.